The van der Waals surface area contributed by atoms with Gasteiger partial charge in [0, 0.05) is 19.1 Å². The predicted molar refractivity (Wildman–Crippen MR) is 81.1 cm³/mol. The Balaban J connectivity index is 1.59. The van der Waals surface area contributed by atoms with E-state index in [0.29, 0.717) is 19.2 Å². The van der Waals surface area contributed by atoms with Gasteiger partial charge in [0.05, 0.1) is 0 Å². The molecule has 2 N–H and O–H groups in total. The minimum atomic E-state index is -0.466. The van der Waals surface area contributed by atoms with Crippen LogP contribution in [-0.2, 0) is 0 Å². The van der Waals surface area contributed by atoms with Crippen LogP contribution in [0.5, 0.6) is 5.75 Å². The van der Waals surface area contributed by atoms with Gasteiger partial charge in [-0.25, -0.2) is 0 Å². The molecule has 0 saturated carbocycles. The molecule has 0 radical (unpaired) electrons. The van der Waals surface area contributed by atoms with Crippen molar-refractivity contribution in [2.24, 2.45) is 0 Å². The Hall–Kier alpha value is -1.10. The number of nitrogens with zero attached hydrogens (tertiary/aromatic N) is 1. The summed E-state index contributed by atoms with van der Waals surface area (Å²) >= 11 is 0. The van der Waals surface area contributed by atoms with Crippen LogP contribution < -0.4 is 10.1 Å². The van der Waals surface area contributed by atoms with Gasteiger partial charge in [0.1, 0.15) is 18.5 Å². The zero-order valence-electron chi connectivity index (χ0n) is 12.3. The molecule has 0 spiro atoms. The van der Waals surface area contributed by atoms with E-state index in [9.17, 15) is 5.11 Å². The molecule has 2 atom stereocenters. The highest BCUT2D eigenvalue weighted by molar-refractivity contribution is 5.20. The molecule has 0 bridgehead atoms. The molecule has 1 aliphatic heterocycles. The van der Waals surface area contributed by atoms with Crippen LogP contribution in [0.25, 0.3) is 0 Å². The van der Waals surface area contributed by atoms with Crippen LogP contribution in [0.3, 0.4) is 0 Å². The highest BCUT2D eigenvalue weighted by atomic mass is 16.5. The molecule has 4 nitrogen and oxygen atoms in total. The number of aliphatic hydroxyl groups excluding tert-OH is 1. The Morgan fingerprint density at radius 1 is 1.40 bits per heavy atom. The molecule has 1 aliphatic rings. The van der Waals surface area contributed by atoms with Gasteiger partial charge in [-0.15, -0.1) is 0 Å². The number of ether oxygens (including phenoxy) is 1. The first-order chi connectivity index (χ1) is 9.79. The van der Waals surface area contributed by atoms with Gasteiger partial charge in [0.15, 0.2) is 0 Å². The van der Waals surface area contributed by atoms with Crippen molar-refractivity contribution in [3.63, 3.8) is 0 Å². The van der Waals surface area contributed by atoms with E-state index in [1.165, 1.54) is 19.4 Å². The van der Waals surface area contributed by atoms with Gasteiger partial charge >= 0.3 is 0 Å². The SMILES string of the molecule is CCN1CCC[C@@H]1CNC[C@@H](O)COc1ccccc1. The molecular weight excluding hydrogens is 252 g/mol. The molecule has 0 aliphatic carbocycles. The number of benzene rings is 1. The Bertz CT molecular complexity index is 372. The predicted octanol–water partition coefficient (Wildman–Crippen LogP) is 1.50. The van der Waals surface area contributed by atoms with Crippen LogP contribution in [0.2, 0.25) is 0 Å². The van der Waals surface area contributed by atoms with Gasteiger partial charge in [-0.05, 0) is 38.1 Å². The van der Waals surface area contributed by atoms with Crippen LogP contribution in [0.4, 0.5) is 0 Å². The quantitative estimate of drug-likeness (QED) is 0.756. The standard InChI is InChI=1S/C16H26N2O2/c1-2-18-10-6-7-14(18)11-17-12-15(19)13-20-16-8-4-3-5-9-16/h3-5,8-9,14-15,17,19H,2,6-7,10-13H2,1H3/t14-,15-/m1/s1. The van der Waals surface area contributed by atoms with Gasteiger partial charge in [0.25, 0.3) is 0 Å². The summed E-state index contributed by atoms with van der Waals surface area (Å²) in [5.41, 5.74) is 0. The molecule has 0 aromatic heterocycles. The lowest BCUT2D eigenvalue weighted by atomic mass is 10.2. The summed E-state index contributed by atoms with van der Waals surface area (Å²) in [6.45, 7) is 6.41. The maximum absolute atomic E-state index is 9.91. The maximum atomic E-state index is 9.91. The highest BCUT2D eigenvalue weighted by Crippen LogP contribution is 2.15. The van der Waals surface area contributed by atoms with Crippen molar-refractivity contribution in [2.45, 2.75) is 31.9 Å². The zero-order valence-corrected chi connectivity index (χ0v) is 12.3. The number of para-hydroxylation sites is 1. The van der Waals surface area contributed by atoms with Crippen molar-refractivity contribution in [1.82, 2.24) is 10.2 Å². The van der Waals surface area contributed by atoms with Gasteiger partial charge in [-0.1, -0.05) is 25.1 Å². The molecule has 1 aromatic rings. The monoisotopic (exact) mass is 278 g/mol. The van der Waals surface area contributed by atoms with Crippen molar-refractivity contribution in [1.29, 1.82) is 0 Å². The lowest BCUT2D eigenvalue weighted by Gasteiger charge is -2.23. The zero-order chi connectivity index (χ0) is 14.2. The number of likely N-dealkylation sites (tertiary alicyclic amines) is 1. The largest absolute Gasteiger partial charge is 0.491 e. The summed E-state index contributed by atoms with van der Waals surface area (Å²) in [6, 6.07) is 10.2. The number of nitrogens with one attached hydrogen (secondary N) is 1. The first-order valence-electron chi connectivity index (χ1n) is 7.60. The van der Waals surface area contributed by atoms with Gasteiger partial charge in [0.2, 0.25) is 0 Å². The smallest absolute Gasteiger partial charge is 0.119 e. The van der Waals surface area contributed by atoms with E-state index in [4.69, 9.17) is 4.74 Å². The van der Waals surface area contributed by atoms with E-state index in [1.807, 2.05) is 30.3 Å². The molecule has 0 unspecified atom stereocenters. The maximum Gasteiger partial charge on any atom is 0.119 e. The van der Waals surface area contributed by atoms with Gasteiger partial charge < -0.3 is 15.2 Å². The summed E-state index contributed by atoms with van der Waals surface area (Å²) in [6.07, 6.45) is 2.09. The van der Waals surface area contributed by atoms with Crippen molar-refractivity contribution < 1.29 is 9.84 Å². The van der Waals surface area contributed by atoms with Crippen LogP contribution in [0.1, 0.15) is 19.8 Å². The van der Waals surface area contributed by atoms with E-state index in [2.05, 4.69) is 17.1 Å². The average molecular weight is 278 g/mol. The fourth-order valence-corrected chi connectivity index (χ4v) is 2.73. The van der Waals surface area contributed by atoms with Crippen LogP contribution in [0.15, 0.2) is 30.3 Å². The van der Waals surface area contributed by atoms with Crippen LogP contribution in [0, 0.1) is 0 Å². The van der Waals surface area contributed by atoms with Crippen molar-refractivity contribution >= 4 is 0 Å². The third-order valence-electron chi connectivity index (χ3n) is 3.85. The summed E-state index contributed by atoms with van der Waals surface area (Å²) in [7, 11) is 0. The van der Waals surface area contributed by atoms with E-state index in [1.54, 1.807) is 0 Å². The highest BCUT2D eigenvalue weighted by Gasteiger charge is 2.22. The van der Waals surface area contributed by atoms with Crippen LogP contribution in [-0.4, -0.2) is 54.9 Å². The lowest BCUT2D eigenvalue weighted by Crippen LogP contribution is -2.41. The first-order valence-corrected chi connectivity index (χ1v) is 7.60. The number of aliphatic hydroxyl groups is 1. The summed E-state index contributed by atoms with van der Waals surface area (Å²) < 4.78 is 5.53. The number of likely N-dealkylation sites (N-methyl/N-ethyl adjacent to an activating group) is 1. The molecule has 4 heteroatoms. The third-order valence-corrected chi connectivity index (χ3v) is 3.85. The number of rotatable bonds is 8. The summed E-state index contributed by atoms with van der Waals surface area (Å²) in [4.78, 5) is 2.50. The average Bonchev–Trinajstić information content (AvgIpc) is 2.94. The molecule has 1 aromatic carbocycles. The molecule has 1 saturated heterocycles. The third kappa shape index (κ3) is 4.78. The molecular formula is C16H26N2O2. The van der Waals surface area contributed by atoms with E-state index in [0.717, 1.165) is 18.8 Å². The van der Waals surface area contributed by atoms with Crippen molar-refractivity contribution in [3.05, 3.63) is 30.3 Å². The molecule has 2 rings (SSSR count). The number of hydrogen-bond donors (Lipinski definition) is 2. The second-order valence-electron chi connectivity index (χ2n) is 5.36. The molecule has 1 fully saturated rings. The Labute approximate surface area is 121 Å². The van der Waals surface area contributed by atoms with E-state index >= 15 is 0 Å². The van der Waals surface area contributed by atoms with Gasteiger partial charge in [-0.2, -0.15) is 0 Å². The Morgan fingerprint density at radius 2 is 2.20 bits per heavy atom. The molecule has 0 amide bonds. The summed E-state index contributed by atoms with van der Waals surface area (Å²) in [5.74, 6) is 0.805. The molecule has 112 valence electrons. The second-order valence-corrected chi connectivity index (χ2v) is 5.36. The molecule has 20 heavy (non-hydrogen) atoms. The van der Waals surface area contributed by atoms with Crippen molar-refractivity contribution in [3.8, 4) is 5.75 Å². The minimum absolute atomic E-state index is 0.333. The van der Waals surface area contributed by atoms with Crippen LogP contribution >= 0.6 is 0 Å². The fourth-order valence-electron chi connectivity index (χ4n) is 2.73. The normalized spacial score (nSPS) is 21.0. The fraction of sp³-hybridized carbons (Fsp3) is 0.625. The Kier molecular flexibility index (Phi) is 6.30. The topological polar surface area (TPSA) is 44.7 Å². The first kappa shape index (κ1) is 15.3. The number of hydrogen-bond acceptors (Lipinski definition) is 4. The Morgan fingerprint density at radius 3 is 2.95 bits per heavy atom. The van der Waals surface area contributed by atoms with E-state index < -0.39 is 6.10 Å². The molecule has 1 heterocycles. The van der Waals surface area contributed by atoms with Crippen molar-refractivity contribution in [2.75, 3.05) is 32.8 Å². The second kappa shape index (κ2) is 8.25. The minimum Gasteiger partial charge on any atom is -0.491 e. The summed E-state index contributed by atoms with van der Waals surface area (Å²) in [5, 5.41) is 13.3. The lowest BCUT2D eigenvalue weighted by molar-refractivity contribution is 0.104. The van der Waals surface area contributed by atoms with Gasteiger partial charge in [-0.3, -0.25) is 4.90 Å². The van der Waals surface area contributed by atoms with E-state index in [-0.39, 0.29) is 0 Å².